The molecule has 1 aromatic heterocycles. The third-order valence-electron chi connectivity index (χ3n) is 3.65. The summed E-state index contributed by atoms with van der Waals surface area (Å²) in [6.45, 7) is 3.25. The van der Waals surface area contributed by atoms with Crippen LogP contribution in [0.5, 0.6) is 0 Å². The van der Waals surface area contributed by atoms with Gasteiger partial charge in [-0.1, -0.05) is 0 Å². The van der Waals surface area contributed by atoms with E-state index in [0.29, 0.717) is 22.6 Å². The number of nitrogens with zero attached hydrogens (tertiary/aromatic N) is 2. The second-order valence-corrected chi connectivity index (χ2v) is 5.73. The van der Waals surface area contributed by atoms with Gasteiger partial charge in [0, 0.05) is 18.6 Å². The van der Waals surface area contributed by atoms with Crippen LogP contribution in [-0.2, 0) is 4.74 Å². The third kappa shape index (κ3) is 2.98. The summed E-state index contributed by atoms with van der Waals surface area (Å²) < 4.78 is 8.77. The summed E-state index contributed by atoms with van der Waals surface area (Å²) in [6, 6.07) is 0.868. The standard InChI is InChI=1S/C12H20N4O2S/c1-7-6-8(4-5-16(7)2)14-11-9(12(17)18-3)10(13)15-19-11/h7-8,14H,4-6H2,1-3H3,(H2,13,15). The van der Waals surface area contributed by atoms with Crippen molar-refractivity contribution in [2.24, 2.45) is 0 Å². The number of hydrogen-bond donors (Lipinski definition) is 2. The van der Waals surface area contributed by atoms with Crippen molar-refractivity contribution in [2.45, 2.75) is 31.8 Å². The van der Waals surface area contributed by atoms with Crippen molar-refractivity contribution in [1.82, 2.24) is 9.27 Å². The highest BCUT2D eigenvalue weighted by molar-refractivity contribution is 7.11. The molecule has 1 fully saturated rings. The smallest absolute Gasteiger partial charge is 0.344 e. The number of likely N-dealkylation sites (tertiary alicyclic amines) is 1. The molecule has 6 nitrogen and oxygen atoms in total. The van der Waals surface area contributed by atoms with E-state index in [0.717, 1.165) is 19.4 Å². The number of nitrogen functional groups attached to an aromatic ring is 1. The number of hydrogen-bond acceptors (Lipinski definition) is 7. The minimum Gasteiger partial charge on any atom is -0.465 e. The summed E-state index contributed by atoms with van der Waals surface area (Å²) in [6.07, 6.45) is 2.08. The minimum absolute atomic E-state index is 0.236. The van der Waals surface area contributed by atoms with Gasteiger partial charge in [-0.15, -0.1) is 0 Å². The number of nitrogens with two attached hydrogens (primary N) is 1. The van der Waals surface area contributed by atoms with E-state index in [1.165, 1.54) is 18.6 Å². The van der Waals surface area contributed by atoms with Crippen LogP contribution in [0.1, 0.15) is 30.1 Å². The van der Waals surface area contributed by atoms with Crippen molar-refractivity contribution in [2.75, 3.05) is 31.8 Å². The Balaban J connectivity index is 2.09. The van der Waals surface area contributed by atoms with E-state index < -0.39 is 5.97 Å². The van der Waals surface area contributed by atoms with E-state index in [1.54, 1.807) is 0 Å². The molecule has 106 valence electrons. The van der Waals surface area contributed by atoms with Crippen molar-refractivity contribution in [3.63, 3.8) is 0 Å². The van der Waals surface area contributed by atoms with Crippen molar-refractivity contribution < 1.29 is 9.53 Å². The summed E-state index contributed by atoms with van der Waals surface area (Å²) in [5, 5.41) is 4.10. The predicted octanol–water partition coefficient (Wildman–Crippen LogP) is 1.41. The van der Waals surface area contributed by atoms with E-state index in [4.69, 9.17) is 10.5 Å². The van der Waals surface area contributed by atoms with Crippen LogP contribution in [0.25, 0.3) is 0 Å². The molecule has 0 bridgehead atoms. The highest BCUT2D eigenvalue weighted by Crippen LogP contribution is 2.30. The Morgan fingerprint density at radius 2 is 2.37 bits per heavy atom. The average Bonchev–Trinajstić information content (AvgIpc) is 2.74. The van der Waals surface area contributed by atoms with E-state index in [-0.39, 0.29) is 5.82 Å². The lowest BCUT2D eigenvalue weighted by molar-refractivity contribution is 0.0603. The van der Waals surface area contributed by atoms with Gasteiger partial charge in [-0.3, -0.25) is 0 Å². The van der Waals surface area contributed by atoms with Crippen molar-refractivity contribution in [1.29, 1.82) is 0 Å². The number of anilines is 2. The molecular formula is C12H20N4O2S. The van der Waals surface area contributed by atoms with Gasteiger partial charge >= 0.3 is 5.97 Å². The number of carbonyl (C=O) groups excluding carboxylic acids is 1. The van der Waals surface area contributed by atoms with Crippen LogP contribution in [0.4, 0.5) is 10.8 Å². The lowest BCUT2D eigenvalue weighted by Gasteiger charge is -2.35. The molecule has 0 saturated carbocycles. The van der Waals surface area contributed by atoms with E-state index in [9.17, 15) is 4.79 Å². The normalized spacial score (nSPS) is 24.2. The van der Waals surface area contributed by atoms with Crippen LogP contribution in [0, 0.1) is 0 Å². The first-order valence-electron chi connectivity index (χ1n) is 6.33. The highest BCUT2D eigenvalue weighted by Gasteiger charge is 2.26. The first kappa shape index (κ1) is 14.1. The summed E-state index contributed by atoms with van der Waals surface area (Å²) in [5.74, 6) is -0.199. The van der Waals surface area contributed by atoms with Crippen LogP contribution in [0.3, 0.4) is 0 Å². The monoisotopic (exact) mass is 284 g/mol. The number of rotatable bonds is 3. The number of esters is 1. The zero-order valence-corrected chi connectivity index (χ0v) is 12.3. The molecule has 19 heavy (non-hydrogen) atoms. The molecule has 1 aliphatic rings. The zero-order chi connectivity index (χ0) is 14.0. The lowest BCUT2D eigenvalue weighted by Crippen LogP contribution is -2.42. The molecule has 0 aromatic carbocycles. The van der Waals surface area contributed by atoms with Crippen LogP contribution in [0.15, 0.2) is 0 Å². The van der Waals surface area contributed by atoms with Gasteiger partial charge in [-0.25, -0.2) is 4.79 Å². The maximum absolute atomic E-state index is 11.7. The maximum atomic E-state index is 11.7. The summed E-state index contributed by atoms with van der Waals surface area (Å²) in [7, 11) is 3.48. The van der Waals surface area contributed by atoms with Gasteiger partial charge in [0.1, 0.15) is 10.6 Å². The number of piperidine rings is 1. The van der Waals surface area contributed by atoms with Gasteiger partial charge in [-0.2, -0.15) is 4.37 Å². The fourth-order valence-corrected chi connectivity index (χ4v) is 3.09. The Labute approximate surface area is 117 Å². The highest BCUT2D eigenvalue weighted by atomic mass is 32.1. The van der Waals surface area contributed by atoms with Gasteiger partial charge in [0.15, 0.2) is 5.82 Å². The quantitative estimate of drug-likeness (QED) is 0.817. The lowest BCUT2D eigenvalue weighted by atomic mass is 9.99. The number of carbonyl (C=O) groups is 1. The van der Waals surface area contributed by atoms with Crippen LogP contribution < -0.4 is 11.1 Å². The van der Waals surface area contributed by atoms with Crippen molar-refractivity contribution >= 4 is 28.3 Å². The number of nitrogens with one attached hydrogen (secondary N) is 1. The molecule has 7 heteroatoms. The molecule has 1 aliphatic heterocycles. The molecule has 3 N–H and O–H groups in total. The maximum Gasteiger partial charge on any atom is 0.344 e. The fourth-order valence-electron chi connectivity index (χ4n) is 2.31. The summed E-state index contributed by atoms with van der Waals surface area (Å²) >= 11 is 1.21. The first-order chi connectivity index (χ1) is 9.02. The molecule has 1 aromatic rings. The molecule has 0 aliphatic carbocycles. The topological polar surface area (TPSA) is 80.5 Å². The Kier molecular flexibility index (Phi) is 4.26. The van der Waals surface area contributed by atoms with E-state index in [1.807, 2.05) is 0 Å². The third-order valence-corrected chi connectivity index (χ3v) is 4.44. The number of methoxy groups -OCH3 is 1. The van der Waals surface area contributed by atoms with Gasteiger partial charge in [0.25, 0.3) is 0 Å². The minimum atomic E-state index is -0.435. The number of aromatic nitrogens is 1. The second-order valence-electron chi connectivity index (χ2n) is 4.96. The predicted molar refractivity (Wildman–Crippen MR) is 76.6 cm³/mol. The second kappa shape index (κ2) is 5.75. The zero-order valence-electron chi connectivity index (χ0n) is 11.5. The van der Waals surface area contributed by atoms with Crippen molar-refractivity contribution in [3.8, 4) is 0 Å². The molecule has 0 spiro atoms. The molecule has 0 amide bonds. The van der Waals surface area contributed by atoms with Crippen LogP contribution in [-0.4, -0.2) is 48.0 Å². The SMILES string of the molecule is COC(=O)c1c(N)nsc1NC1CCN(C)C(C)C1. The van der Waals surface area contributed by atoms with E-state index in [2.05, 4.69) is 28.6 Å². The Morgan fingerprint density at radius 3 is 3.00 bits per heavy atom. The molecule has 0 radical (unpaired) electrons. The van der Waals surface area contributed by atoms with Gasteiger partial charge < -0.3 is 20.7 Å². The summed E-state index contributed by atoms with van der Waals surface area (Å²) in [4.78, 5) is 14.0. The van der Waals surface area contributed by atoms with Crippen LogP contribution >= 0.6 is 11.5 Å². The molecule has 2 atom stereocenters. The molecule has 2 rings (SSSR count). The fraction of sp³-hybridized carbons (Fsp3) is 0.667. The summed E-state index contributed by atoms with van der Waals surface area (Å²) in [5.41, 5.74) is 6.08. The van der Waals surface area contributed by atoms with Gasteiger partial charge in [0.2, 0.25) is 0 Å². The first-order valence-corrected chi connectivity index (χ1v) is 7.10. The molecular weight excluding hydrogens is 264 g/mol. The Bertz CT molecular complexity index is 463. The van der Waals surface area contributed by atoms with Gasteiger partial charge in [-0.05, 0) is 38.3 Å². The molecule has 2 heterocycles. The van der Waals surface area contributed by atoms with Crippen molar-refractivity contribution in [3.05, 3.63) is 5.56 Å². The average molecular weight is 284 g/mol. The van der Waals surface area contributed by atoms with Crippen LogP contribution in [0.2, 0.25) is 0 Å². The van der Waals surface area contributed by atoms with E-state index >= 15 is 0 Å². The van der Waals surface area contributed by atoms with Gasteiger partial charge in [0.05, 0.1) is 7.11 Å². The molecule has 2 unspecified atom stereocenters. The number of ether oxygens (including phenoxy) is 1. The largest absolute Gasteiger partial charge is 0.465 e. The Hall–Kier alpha value is -1.34. The Morgan fingerprint density at radius 1 is 1.63 bits per heavy atom. The molecule has 1 saturated heterocycles.